The average Bonchev–Trinajstić information content (AvgIpc) is 2.87. The molecule has 1 aromatic rings. The van der Waals surface area contributed by atoms with Crippen LogP contribution in [0.2, 0.25) is 0 Å². The molecule has 0 aliphatic heterocycles. The summed E-state index contributed by atoms with van der Waals surface area (Å²) in [7, 11) is 1.98. The third-order valence-corrected chi connectivity index (χ3v) is 5.20. The number of halogens is 1. The van der Waals surface area contributed by atoms with Crippen molar-refractivity contribution >= 4 is 11.8 Å². The summed E-state index contributed by atoms with van der Waals surface area (Å²) in [4.78, 5) is 0. The summed E-state index contributed by atoms with van der Waals surface area (Å²) >= 11 is 2.07. The van der Waals surface area contributed by atoms with E-state index < -0.39 is 0 Å². The summed E-state index contributed by atoms with van der Waals surface area (Å²) in [5.74, 6) is 0.962. The van der Waals surface area contributed by atoms with E-state index in [1.807, 2.05) is 26.1 Å². The number of aryl methyl sites for hydroxylation is 1. The van der Waals surface area contributed by atoms with Gasteiger partial charge in [-0.2, -0.15) is 11.8 Å². The van der Waals surface area contributed by atoms with Crippen LogP contribution in [0.5, 0.6) is 0 Å². The SMILES string of the molecule is CNC(CSC1CCCC1)c1ccc(F)c(C)c1. The molecule has 0 heterocycles. The zero-order valence-electron chi connectivity index (χ0n) is 11.2. The van der Waals surface area contributed by atoms with Crippen molar-refractivity contribution in [3.63, 3.8) is 0 Å². The zero-order valence-corrected chi connectivity index (χ0v) is 12.0. The molecule has 1 N–H and O–H groups in total. The van der Waals surface area contributed by atoms with Crippen molar-refractivity contribution in [3.05, 3.63) is 35.1 Å². The predicted molar refractivity (Wildman–Crippen MR) is 77.7 cm³/mol. The van der Waals surface area contributed by atoms with Crippen LogP contribution in [-0.2, 0) is 0 Å². The average molecular weight is 267 g/mol. The van der Waals surface area contributed by atoms with Crippen LogP contribution >= 0.6 is 11.8 Å². The highest BCUT2D eigenvalue weighted by Gasteiger charge is 2.18. The summed E-state index contributed by atoms with van der Waals surface area (Å²) in [5.41, 5.74) is 1.93. The second-order valence-corrected chi connectivity index (χ2v) is 6.42. The molecule has 1 nitrogen and oxygen atoms in total. The topological polar surface area (TPSA) is 12.0 Å². The van der Waals surface area contributed by atoms with E-state index in [0.29, 0.717) is 6.04 Å². The fourth-order valence-corrected chi connectivity index (χ4v) is 4.01. The molecular weight excluding hydrogens is 245 g/mol. The molecule has 1 aromatic carbocycles. The van der Waals surface area contributed by atoms with Crippen molar-refractivity contribution in [2.24, 2.45) is 0 Å². The second-order valence-electron chi connectivity index (χ2n) is 5.09. The van der Waals surface area contributed by atoms with Crippen LogP contribution in [0.4, 0.5) is 4.39 Å². The lowest BCUT2D eigenvalue weighted by atomic mass is 10.1. The van der Waals surface area contributed by atoms with E-state index in [4.69, 9.17) is 0 Å². The molecular formula is C15H22FNS. The summed E-state index contributed by atoms with van der Waals surface area (Å²) in [5, 5.41) is 4.18. The van der Waals surface area contributed by atoms with Crippen molar-refractivity contribution in [3.8, 4) is 0 Å². The number of thioether (sulfide) groups is 1. The predicted octanol–water partition coefficient (Wildman–Crippen LogP) is 4.07. The van der Waals surface area contributed by atoms with Gasteiger partial charge in [-0.25, -0.2) is 4.39 Å². The van der Waals surface area contributed by atoms with Crippen molar-refractivity contribution < 1.29 is 4.39 Å². The van der Waals surface area contributed by atoms with E-state index >= 15 is 0 Å². The Morgan fingerprint density at radius 3 is 2.72 bits per heavy atom. The van der Waals surface area contributed by atoms with Crippen LogP contribution in [0.3, 0.4) is 0 Å². The summed E-state index contributed by atoms with van der Waals surface area (Å²) < 4.78 is 13.3. The Morgan fingerprint density at radius 2 is 2.11 bits per heavy atom. The van der Waals surface area contributed by atoms with E-state index in [9.17, 15) is 4.39 Å². The minimum Gasteiger partial charge on any atom is -0.312 e. The molecule has 0 radical (unpaired) electrons. The van der Waals surface area contributed by atoms with Crippen LogP contribution in [0.25, 0.3) is 0 Å². The molecule has 0 bridgehead atoms. The maximum absolute atomic E-state index is 13.3. The highest BCUT2D eigenvalue weighted by Crippen LogP contribution is 2.32. The van der Waals surface area contributed by atoms with Gasteiger partial charge in [0.2, 0.25) is 0 Å². The lowest BCUT2D eigenvalue weighted by molar-refractivity contribution is 0.611. The zero-order chi connectivity index (χ0) is 13.0. The van der Waals surface area contributed by atoms with Gasteiger partial charge in [0.05, 0.1) is 0 Å². The summed E-state index contributed by atoms with van der Waals surface area (Å²) in [6, 6.07) is 5.77. The normalized spacial score (nSPS) is 18.2. The smallest absolute Gasteiger partial charge is 0.126 e. The van der Waals surface area contributed by atoms with Crippen LogP contribution in [-0.4, -0.2) is 18.1 Å². The van der Waals surface area contributed by atoms with Gasteiger partial charge in [-0.15, -0.1) is 0 Å². The van der Waals surface area contributed by atoms with E-state index in [2.05, 4.69) is 17.1 Å². The van der Waals surface area contributed by atoms with Gasteiger partial charge >= 0.3 is 0 Å². The Bertz CT molecular complexity index is 388. The maximum atomic E-state index is 13.3. The van der Waals surface area contributed by atoms with Crippen molar-refractivity contribution in [2.45, 2.75) is 43.9 Å². The second kappa shape index (κ2) is 6.58. The number of hydrogen-bond acceptors (Lipinski definition) is 2. The lowest BCUT2D eigenvalue weighted by Gasteiger charge is -2.19. The first-order valence-electron chi connectivity index (χ1n) is 6.75. The highest BCUT2D eigenvalue weighted by molar-refractivity contribution is 7.99. The fraction of sp³-hybridized carbons (Fsp3) is 0.600. The molecule has 1 saturated carbocycles. The molecule has 18 heavy (non-hydrogen) atoms. The Morgan fingerprint density at radius 1 is 1.39 bits per heavy atom. The molecule has 1 fully saturated rings. The van der Waals surface area contributed by atoms with Crippen molar-refractivity contribution in [1.29, 1.82) is 0 Å². The molecule has 0 spiro atoms. The van der Waals surface area contributed by atoms with E-state index in [1.165, 1.54) is 31.2 Å². The third kappa shape index (κ3) is 3.48. The van der Waals surface area contributed by atoms with Crippen molar-refractivity contribution in [2.75, 3.05) is 12.8 Å². The Kier molecular flexibility index (Phi) is 5.07. The maximum Gasteiger partial charge on any atom is 0.126 e. The molecule has 0 amide bonds. The summed E-state index contributed by atoms with van der Waals surface area (Å²) in [6.07, 6.45) is 5.50. The largest absolute Gasteiger partial charge is 0.312 e. The minimum absolute atomic E-state index is 0.114. The number of benzene rings is 1. The highest BCUT2D eigenvalue weighted by atomic mass is 32.2. The molecule has 0 saturated heterocycles. The Hall–Kier alpha value is -0.540. The molecule has 1 aliphatic rings. The monoisotopic (exact) mass is 267 g/mol. The number of hydrogen-bond donors (Lipinski definition) is 1. The minimum atomic E-state index is -0.114. The fourth-order valence-electron chi connectivity index (χ4n) is 2.52. The van der Waals surface area contributed by atoms with Crippen LogP contribution in [0.15, 0.2) is 18.2 Å². The first-order valence-corrected chi connectivity index (χ1v) is 7.80. The van der Waals surface area contributed by atoms with E-state index in [0.717, 1.165) is 16.6 Å². The molecule has 100 valence electrons. The standard InChI is InChI=1S/C15H22FNS/c1-11-9-12(7-8-14(11)16)15(17-2)10-18-13-5-3-4-6-13/h7-9,13,15,17H,3-6,10H2,1-2H3. The molecule has 1 atom stereocenters. The number of nitrogens with one attached hydrogen (secondary N) is 1. The Labute approximate surface area is 114 Å². The van der Waals surface area contributed by atoms with E-state index in [1.54, 1.807) is 6.07 Å². The number of rotatable bonds is 5. The molecule has 1 aliphatic carbocycles. The van der Waals surface area contributed by atoms with Gasteiger partial charge in [0, 0.05) is 17.0 Å². The van der Waals surface area contributed by atoms with Crippen LogP contribution in [0.1, 0.15) is 42.9 Å². The molecule has 3 heteroatoms. The van der Waals surface area contributed by atoms with Crippen molar-refractivity contribution in [1.82, 2.24) is 5.32 Å². The van der Waals surface area contributed by atoms with Gasteiger partial charge in [0.15, 0.2) is 0 Å². The van der Waals surface area contributed by atoms with Gasteiger partial charge < -0.3 is 5.32 Å². The Balaban J connectivity index is 1.96. The van der Waals surface area contributed by atoms with Gasteiger partial charge in [0.1, 0.15) is 5.82 Å². The van der Waals surface area contributed by atoms with Gasteiger partial charge in [-0.1, -0.05) is 25.0 Å². The first-order chi connectivity index (χ1) is 8.70. The molecule has 1 unspecified atom stereocenters. The van der Waals surface area contributed by atoms with Crippen LogP contribution in [0, 0.1) is 12.7 Å². The molecule has 0 aromatic heterocycles. The van der Waals surface area contributed by atoms with Gasteiger partial charge in [-0.3, -0.25) is 0 Å². The summed E-state index contributed by atoms with van der Waals surface area (Å²) in [6.45, 7) is 1.83. The molecule has 2 rings (SSSR count). The lowest BCUT2D eigenvalue weighted by Crippen LogP contribution is -2.20. The van der Waals surface area contributed by atoms with Gasteiger partial charge in [0.25, 0.3) is 0 Å². The quantitative estimate of drug-likeness (QED) is 0.863. The van der Waals surface area contributed by atoms with E-state index in [-0.39, 0.29) is 5.82 Å². The van der Waals surface area contributed by atoms with Gasteiger partial charge in [-0.05, 0) is 44.0 Å². The third-order valence-electron chi connectivity index (χ3n) is 3.73. The van der Waals surface area contributed by atoms with Crippen LogP contribution < -0.4 is 5.32 Å². The first kappa shape index (κ1) is 13.9.